The number of aliphatic carboxylic acids is 1. The second-order valence-corrected chi connectivity index (χ2v) is 10.0. The highest BCUT2D eigenvalue weighted by atomic mass is 32.2. The summed E-state index contributed by atoms with van der Waals surface area (Å²) in [6, 6.07) is 2.82. The lowest BCUT2D eigenvalue weighted by Gasteiger charge is -2.49. The molecule has 38 heavy (non-hydrogen) atoms. The van der Waals surface area contributed by atoms with Gasteiger partial charge >= 0.3 is 5.97 Å². The van der Waals surface area contributed by atoms with Crippen LogP contribution >= 0.6 is 23.3 Å². The molecule has 2 amide bonds. The number of amides is 2. The number of pyridine rings is 1. The smallest absolute Gasteiger partial charge is 0.352 e. The minimum atomic E-state index is -1.21. The number of anilines is 1. The van der Waals surface area contributed by atoms with Crippen molar-refractivity contribution in [2.24, 2.45) is 5.16 Å². The molecule has 0 aliphatic carbocycles. The fourth-order valence-electron chi connectivity index (χ4n) is 3.86. The van der Waals surface area contributed by atoms with E-state index in [9.17, 15) is 19.5 Å². The van der Waals surface area contributed by atoms with E-state index in [-0.39, 0.29) is 28.9 Å². The summed E-state index contributed by atoms with van der Waals surface area (Å²) in [7, 11) is 2.86. The number of thioether (sulfide) groups is 1. The van der Waals surface area contributed by atoms with Crippen molar-refractivity contribution in [2.75, 3.05) is 38.9 Å². The van der Waals surface area contributed by atoms with Crippen molar-refractivity contribution in [1.29, 1.82) is 0 Å². The van der Waals surface area contributed by atoms with Gasteiger partial charge in [0, 0.05) is 42.1 Å². The zero-order valence-electron chi connectivity index (χ0n) is 20.5. The number of nitrogens with zero attached hydrogens (tertiary/aromatic N) is 5. The van der Waals surface area contributed by atoms with E-state index in [0.29, 0.717) is 31.1 Å². The predicted octanol–water partition coefficient (Wildman–Crippen LogP) is -0.640. The average Bonchev–Trinajstić information content (AvgIpc) is 3.34. The minimum Gasteiger partial charge on any atom is -0.477 e. The maximum atomic E-state index is 13.0. The van der Waals surface area contributed by atoms with Gasteiger partial charge in [-0.05, 0) is 5.56 Å². The summed E-state index contributed by atoms with van der Waals surface area (Å²) in [6.07, 6.45) is 3.66. The summed E-state index contributed by atoms with van der Waals surface area (Å²) in [5.41, 5.74) is 6.81. The number of carboxylic acid groups (broad SMARTS) is 1. The van der Waals surface area contributed by atoms with Crippen LogP contribution in [0.3, 0.4) is 0 Å². The molecule has 2 aliphatic rings. The molecule has 1 saturated heterocycles. The van der Waals surface area contributed by atoms with Crippen LogP contribution in [0.2, 0.25) is 0 Å². The van der Waals surface area contributed by atoms with E-state index >= 15 is 0 Å². The summed E-state index contributed by atoms with van der Waals surface area (Å²) < 4.78 is 16.3. The van der Waals surface area contributed by atoms with Gasteiger partial charge in [-0.25, -0.2) is 9.36 Å². The molecule has 0 spiro atoms. The van der Waals surface area contributed by atoms with Crippen LogP contribution in [0.5, 0.6) is 0 Å². The van der Waals surface area contributed by atoms with E-state index in [1.54, 1.807) is 7.11 Å². The molecule has 2 aromatic rings. The number of nitrogens with two attached hydrogens (primary N) is 1. The van der Waals surface area contributed by atoms with Crippen molar-refractivity contribution in [3.63, 3.8) is 0 Å². The molecule has 14 nitrogen and oxygen atoms in total. The number of carboxylic acids is 1. The minimum absolute atomic E-state index is 0.0373. The Kier molecular flexibility index (Phi) is 8.88. The van der Waals surface area contributed by atoms with Gasteiger partial charge in [0.25, 0.3) is 11.8 Å². The fourth-order valence-corrected chi connectivity index (χ4v) is 5.63. The van der Waals surface area contributed by atoms with Gasteiger partial charge in [0.05, 0.1) is 19.8 Å². The highest BCUT2D eigenvalue weighted by Crippen LogP contribution is 2.40. The Bertz CT molecular complexity index is 1260. The van der Waals surface area contributed by atoms with Gasteiger partial charge in [-0.15, -0.1) is 11.8 Å². The number of carbonyl (C=O) groups excluding carboxylic acids is 2. The van der Waals surface area contributed by atoms with E-state index in [1.807, 2.05) is 29.1 Å². The largest absolute Gasteiger partial charge is 0.477 e. The first-order valence-electron chi connectivity index (χ1n) is 11.3. The van der Waals surface area contributed by atoms with Crippen LogP contribution in [-0.2, 0) is 41.8 Å². The number of nitrogens with one attached hydrogen (secondary N) is 1. The Morgan fingerprint density at radius 3 is 2.71 bits per heavy atom. The molecule has 4 N–H and O–H groups in total. The monoisotopic (exact) mass is 564 g/mol. The van der Waals surface area contributed by atoms with Crippen LogP contribution in [0, 0.1) is 0 Å². The van der Waals surface area contributed by atoms with Crippen molar-refractivity contribution in [3.05, 3.63) is 47.2 Å². The molecule has 16 heteroatoms. The van der Waals surface area contributed by atoms with Crippen LogP contribution in [0.15, 0.2) is 41.0 Å². The first kappa shape index (κ1) is 27.4. The van der Waals surface area contributed by atoms with Crippen LogP contribution < -0.4 is 15.6 Å². The molecule has 2 aliphatic heterocycles. The molecule has 0 aromatic carbocycles. The normalized spacial score (nSPS) is 19.2. The van der Waals surface area contributed by atoms with Crippen molar-refractivity contribution in [3.8, 4) is 0 Å². The van der Waals surface area contributed by atoms with Crippen LogP contribution in [-0.4, -0.2) is 87.5 Å². The quantitative estimate of drug-likeness (QED) is 0.0980. The van der Waals surface area contributed by atoms with E-state index in [2.05, 4.69) is 19.8 Å². The molecule has 1 unspecified atom stereocenters. The molecule has 0 saturated carbocycles. The topological polar surface area (TPSA) is 182 Å². The van der Waals surface area contributed by atoms with E-state index < -0.39 is 29.2 Å². The lowest BCUT2D eigenvalue weighted by atomic mass is 10.0. The number of oxime groups is 1. The highest BCUT2D eigenvalue weighted by Gasteiger charge is 2.54. The summed E-state index contributed by atoms with van der Waals surface area (Å²) in [4.78, 5) is 47.9. The number of methoxy groups -OCH3 is 1. The molecule has 1 fully saturated rings. The van der Waals surface area contributed by atoms with Crippen molar-refractivity contribution in [1.82, 2.24) is 19.6 Å². The number of fused-ring (bicyclic) bond motifs is 1. The number of β-lactam (4-membered cyclic amide) rings is 1. The SMILES string of the molecule is COCCOCc1cc[n+](CC2=C(C(=O)O)N3C(=O)C(NC(=O)C(=NOC)c4nsc(N)n4)[C@H]3SC2)cc1. The zero-order valence-corrected chi connectivity index (χ0v) is 22.2. The molecule has 0 bridgehead atoms. The Labute approximate surface area is 225 Å². The second-order valence-electron chi connectivity index (χ2n) is 8.12. The predicted molar refractivity (Wildman–Crippen MR) is 136 cm³/mol. The van der Waals surface area contributed by atoms with Crippen LogP contribution in [0.1, 0.15) is 11.4 Å². The number of nitrogen functional groups attached to an aromatic ring is 1. The number of ether oxygens (including phenoxy) is 2. The number of hydrogen-bond acceptors (Lipinski definition) is 12. The Morgan fingerprint density at radius 1 is 1.32 bits per heavy atom. The first-order valence-corrected chi connectivity index (χ1v) is 13.1. The van der Waals surface area contributed by atoms with Crippen molar-refractivity contribution < 1.29 is 38.4 Å². The van der Waals surface area contributed by atoms with E-state index in [4.69, 9.17) is 20.0 Å². The second kappa shape index (κ2) is 12.3. The summed E-state index contributed by atoms with van der Waals surface area (Å²) >= 11 is 2.24. The van der Waals surface area contributed by atoms with Gasteiger partial charge in [-0.2, -0.15) is 9.36 Å². The third-order valence-electron chi connectivity index (χ3n) is 5.62. The number of rotatable bonds is 12. The Hall–Kier alpha value is -3.60. The lowest BCUT2D eigenvalue weighted by molar-refractivity contribution is -0.689. The standard InChI is InChI=1S/C22H25N7O7S2/c1-34-7-8-36-10-12-3-5-28(6-4-12)9-13-11-37-20-15(19(31)29(20)16(13)21(32)33)24-18(30)14(26-35-2)17-25-22(23)38-27-17/h3-6,15,20H,7-11H2,1-2H3,(H3-,23,24,25,27,30,32,33)/p+1/t15?,20-/m1/s1. The Morgan fingerprint density at radius 2 is 2.08 bits per heavy atom. The molecule has 202 valence electrons. The van der Waals surface area contributed by atoms with Gasteiger partial charge in [0.2, 0.25) is 11.5 Å². The van der Waals surface area contributed by atoms with Gasteiger partial charge in [-0.3, -0.25) is 14.5 Å². The number of hydrogen-bond donors (Lipinski definition) is 3. The number of aromatic nitrogens is 3. The summed E-state index contributed by atoms with van der Waals surface area (Å²) in [5, 5.41) is 15.7. The maximum Gasteiger partial charge on any atom is 0.352 e. The lowest BCUT2D eigenvalue weighted by Crippen LogP contribution is -2.71. The number of carbonyl (C=O) groups is 3. The molecule has 4 rings (SSSR count). The van der Waals surface area contributed by atoms with Gasteiger partial charge in [0.15, 0.2) is 24.1 Å². The van der Waals surface area contributed by atoms with Crippen LogP contribution in [0.4, 0.5) is 5.13 Å². The average molecular weight is 565 g/mol. The molecular weight excluding hydrogens is 538 g/mol. The van der Waals surface area contributed by atoms with Gasteiger partial charge < -0.3 is 30.5 Å². The fraction of sp³-hybridized carbons (Fsp3) is 0.409. The van der Waals surface area contributed by atoms with Crippen molar-refractivity contribution >= 4 is 51.9 Å². The molecule has 4 heterocycles. The molecule has 2 atom stereocenters. The molecule has 2 aromatic heterocycles. The maximum absolute atomic E-state index is 13.0. The zero-order chi connectivity index (χ0) is 27.2. The van der Waals surface area contributed by atoms with Crippen molar-refractivity contribution in [2.45, 2.75) is 24.6 Å². The first-order chi connectivity index (χ1) is 18.3. The van der Waals surface area contributed by atoms with Gasteiger partial charge in [0.1, 0.15) is 24.2 Å². The van der Waals surface area contributed by atoms with E-state index in [1.165, 1.54) is 23.8 Å². The highest BCUT2D eigenvalue weighted by molar-refractivity contribution is 8.00. The van der Waals surface area contributed by atoms with Crippen LogP contribution in [0.25, 0.3) is 0 Å². The summed E-state index contributed by atoms with van der Waals surface area (Å²) in [5.74, 6) is -2.17. The molecule has 0 radical (unpaired) electrons. The Balaban J connectivity index is 1.44. The third kappa shape index (κ3) is 5.93. The van der Waals surface area contributed by atoms with E-state index in [0.717, 1.165) is 17.1 Å². The third-order valence-corrected chi connectivity index (χ3v) is 7.50. The molecular formula is C22H26N7O7S2+. The summed E-state index contributed by atoms with van der Waals surface area (Å²) in [6.45, 7) is 1.72. The van der Waals surface area contributed by atoms with Gasteiger partial charge in [-0.1, -0.05) is 5.16 Å².